The van der Waals surface area contributed by atoms with Gasteiger partial charge in [0.2, 0.25) is 58.0 Å². The fourth-order valence-corrected chi connectivity index (χ4v) is 7.42. The second-order valence-electron chi connectivity index (χ2n) is 16.9. The molecule has 79 heavy (non-hydrogen) atoms. The topological polar surface area (TPSA) is 36.9 Å². The second-order valence-corrected chi connectivity index (χ2v) is 16.9. The van der Waals surface area contributed by atoms with Crippen LogP contribution in [0.15, 0.2) is 66.7 Å². The molecule has 0 saturated carbocycles. The summed E-state index contributed by atoms with van der Waals surface area (Å²) in [6.45, 7) is -2.44. The summed E-state index contributed by atoms with van der Waals surface area (Å²) < 4.78 is 377. The van der Waals surface area contributed by atoms with Gasteiger partial charge in [0.25, 0.3) is 0 Å². The molecular formula is C51H24F24O4. The molecular weight excluding hydrogens is 1130 g/mol. The van der Waals surface area contributed by atoms with E-state index in [-0.39, 0.29) is 0 Å². The molecule has 0 unspecified atom stereocenters. The largest absolute Gasteiger partial charge is 0.481 e. The number of ether oxygens (including phenoxy) is 4. The lowest BCUT2D eigenvalue weighted by molar-refractivity contribution is -0.372. The summed E-state index contributed by atoms with van der Waals surface area (Å²) in [4.78, 5) is 0. The van der Waals surface area contributed by atoms with E-state index in [2.05, 4.69) is 9.47 Å². The first-order chi connectivity index (χ1) is 36.6. The summed E-state index contributed by atoms with van der Waals surface area (Å²) in [5, 5.41) is 0. The molecule has 0 spiro atoms. The van der Waals surface area contributed by atoms with Gasteiger partial charge >= 0.3 is 23.7 Å². The molecule has 28 heteroatoms. The quantitative estimate of drug-likeness (QED) is 0.0714. The maximum Gasteiger partial charge on any atom is 0.381 e. The van der Waals surface area contributed by atoms with E-state index in [1.54, 1.807) is 26.0 Å². The van der Waals surface area contributed by atoms with E-state index in [9.17, 15) is 43.9 Å². The van der Waals surface area contributed by atoms with Gasteiger partial charge in [-0.2, -0.15) is 70.2 Å². The minimum atomic E-state index is -7.71. The third-order valence-electron chi connectivity index (χ3n) is 11.4. The summed E-state index contributed by atoms with van der Waals surface area (Å²) in [6, 6.07) is 14.5. The van der Waals surface area contributed by atoms with Gasteiger partial charge in [0, 0.05) is 0 Å². The Labute approximate surface area is 425 Å². The van der Waals surface area contributed by atoms with Crippen molar-refractivity contribution in [1.82, 2.24) is 0 Å². The van der Waals surface area contributed by atoms with E-state index >= 15 is 61.5 Å². The lowest BCUT2D eigenvalue weighted by Gasteiger charge is -2.36. The van der Waals surface area contributed by atoms with Gasteiger partial charge in [0.15, 0.2) is 71.3 Å². The molecule has 0 aliphatic heterocycles. The van der Waals surface area contributed by atoms with Crippen LogP contribution in [0.2, 0.25) is 0 Å². The molecule has 0 aliphatic rings. The number of aryl methyl sites for hydroxylation is 3. The minimum Gasteiger partial charge on any atom is -0.481 e. The van der Waals surface area contributed by atoms with Gasteiger partial charge in [-0.1, -0.05) is 59.2 Å². The summed E-state index contributed by atoms with van der Waals surface area (Å²) in [5.74, 6) is -88.3. The van der Waals surface area contributed by atoms with E-state index in [1.807, 2.05) is 6.07 Å². The predicted octanol–water partition coefficient (Wildman–Crippen LogP) is 17.4. The van der Waals surface area contributed by atoms with Crippen LogP contribution < -0.4 is 18.9 Å². The zero-order chi connectivity index (χ0) is 58.9. The Kier molecular flexibility index (Phi) is 15.6. The van der Waals surface area contributed by atoms with Crippen molar-refractivity contribution < 1.29 is 124 Å². The van der Waals surface area contributed by atoms with Crippen LogP contribution in [0.25, 0.3) is 33.4 Å². The molecule has 0 atom stereocenters. The molecule has 7 rings (SSSR count). The molecule has 0 amide bonds. The van der Waals surface area contributed by atoms with Crippen molar-refractivity contribution in [2.75, 3.05) is 13.2 Å². The molecule has 420 valence electrons. The second kappa shape index (κ2) is 21.0. The first kappa shape index (κ1) is 58.7. The normalized spacial score (nSPS) is 12.3. The van der Waals surface area contributed by atoms with Crippen LogP contribution in [-0.2, 0) is 0 Å². The lowest BCUT2D eigenvalue weighted by Crippen LogP contribution is -2.65. The van der Waals surface area contributed by atoms with Crippen molar-refractivity contribution in [2.45, 2.75) is 44.5 Å². The van der Waals surface area contributed by atoms with Gasteiger partial charge in [0.1, 0.15) is 11.5 Å². The molecule has 0 saturated heterocycles. The van der Waals surface area contributed by atoms with E-state index < -0.39 is 187 Å². The first-order valence-corrected chi connectivity index (χ1v) is 21.4. The average molecular weight is 1160 g/mol. The summed E-state index contributed by atoms with van der Waals surface area (Å²) in [6.07, 6.45) is 0. The minimum absolute atomic E-state index is 0.488. The van der Waals surface area contributed by atoms with Crippen molar-refractivity contribution in [3.05, 3.63) is 176 Å². The monoisotopic (exact) mass is 1160 g/mol. The van der Waals surface area contributed by atoms with Gasteiger partial charge in [-0.3, -0.25) is 0 Å². The summed E-state index contributed by atoms with van der Waals surface area (Å²) in [7, 11) is 0. The van der Waals surface area contributed by atoms with Crippen LogP contribution in [-0.4, -0.2) is 36.9 Å². The molecule has 0 N–H and O–H groups in total. The van der Waals surface area contributed by atoms with Crippen LogP contribution in [0.3, 0.4) is 0 Å². The Morgan fingerprint density at radius 1 is 0.291 bits per heavy atom. The molecule has 0 radical (unpaired) electrons. The van der Waals surface area contributed by atoms with Crippen molar-refractivity contribution in [1.29, 1.82) is 0 Å². The highest BCUT2D eigenvalue weighted by atomic mass is 19.4. The van der Waals surface area contributed by atoms with Gasteiger partial charge < -0.3 is 18.9 Å². The maximum atomic E-state index is 15.3. The van der Waals surface area contributed by atoms with Crippen molar-refractivity contribution in [3.63, 3.8) is 0 Å². The van der Waals surface area contributed by atoms with E-state index in [4.69, 9.17) is 9.47 Å². The third-order valence-corrected chi connectivity index (χ3v) is 11.4. The Hall–Kier alpha value is -7.94. The van der Waals surface area contributed by atoms with Crippen LogP contribution in [0, 0.1) is 114 Å². The molecule has 0 bridgehead atoms. The number of alkyl halides is 8. The smallest absolute Gasteiger partial charge is 0.381 e. The number of rotatable bonds is 16. The zero-order valence-electron chi connectivity index (χ0n) is 39.0. The molecule has 7 aromatic rings. The van der Waals surface area contributed by atoms with Gasteiger partial charge in [0.05, 0.1) is 22.3 Å². The number of hydrogen-bond acceptors (Lipinski definition) is 4. The van der Waals surface area contributed by atoms with E-state index in [0.29, 0.717) is 16.7 Å². The number of hydrogen-bond donors (Lipinski definition) is 0. The molecule has 0 fully saturated rings. The number of halogens is 24. The molecule has 7 aromatic carbocycles. The zero-order valence-corrected chi connectivity index (χ0v) is 39.0. The van der Waals surface area contributed by atoms with Crippen LogP contribution in [0.5, 0.6) is 34.5 Å². The Morgan fingerprint density at radius 3 is 0.823 bits per heavy atom. The van der Waals surface area contributed by atoms with Crippen LogP contribution in [0.1, 0.15) is 16.7 Å². The van der Waals surface area contributed by atoms with Crippen LogP contribution >= 0.6 is 0 Å². The van der Waals surface area contributed by atoms with E-state index in [0.717, 1.165) is 35.4 Å². The Balaban J connectivity index is 1.11. The predicted molar refractivity (Wildman–Crippen MR) is 227 cm³/mol. The standard InChI is InChI=1S/C51H24F24O4/c1-17-4-8-22(9-5-17)78-46-40(64)32(56)26(33(57)41(46)65)24-28(52)36(60)44(37(61)29(24)53)76-15-48(68,69)50(72,73)51(74,75)49(70,71)16-77-45-38(62)30(54)25(31(55)39(45)63)27-34(58)42(66)47(43(67)35(27)59)79-23-10-6-20(7-11-23)21-13-18(2)12-19(3)14-21/h4-14H,15-16H2,1-3H3. The Morgan fingerprint density at radius 2 is 0.544 bits per heavy atom. The highest BCUT2D eigenvalue weighted by Gasteiger charge is 2.81. The third kappa shape index (κ3) is 10.1. The highest BCUT2D eigenvalue weighted by molar-refractivity contribution is 5.71. The molecule has 0 aliphatic carbocycles. The Bertz CT molecular complexity index is 3430. The highest BCUT2D eigenvalue weighted by Crippen LogP contribution is 2.54. The average Bonchev–Trinajstić information content (AvgIpc) is 3.53. The van der Waals surface area contributed by atoms with E-state index in [1.165, 1.54) is 31.2 Å². The molecule has 0 aromatic heterocycles. The number of benzene rings is 7. The van der Waals surface area contributed by atoms with Gasteiger partial charge in [-0.25, -0.2) is 35.1 Å². The van der Waals surface area contributed by atoms with Crippen molar-refractivity contribution in [3.8, 4) is 67.9 Å². The maximum absolute atomic E-state index is 15.3. The first-order valence-electron chi connectivity index (χ1n) is 21.4. The summed E-state index contributed by atoms with van der Waals surface area (Å²) in [5.41, 5.74) is -7.38. The fourth-order valence-electron chi connectivity index (χ4n) is 7.42. The summed E-state index contributed by atoms with van der Waals surface area (Å²) >= 11 is 0. The lowest BCUT2D eigenvalue weighted by atomic mass is 9.99. The fraction of sp³-hybridized carbons (Fsp3) is 0.176. The van der Waals surface area contributed by atoms with Crippen molar-refractivity contribution >= 4 is 0 Å². The molecule has 0 heterocycles. The van der Waals surface area contributed by atoms with Gasteiger partial charge in [-0.15, -0.1) is 0 Å². The van der Waals surface area contributed by atoms with Gasteiger partial charge in [-0.05, 0) is 56.2 Å². The SMILES string of the molecule is Cc1ccc(Oc2c(F)c(F)c(-c3c(F)c(F)c(OCC(F)(F)C(F)(F)C(F)(F)C(F)(F)COc4c(F)c(F)c(-c5c(F)c(F)c(Oc6ccc(-c7cc(C)cc(C)c7)cc6)c(F)c5F)c(F)c4F)c(F)c3F)c(F)c2F)cc1. The van der Waals surface area contributed by atoms with Crippen molar-refractivity contribution in [2.24, 2.45) is 0 Å². The van der Waals surface area contributed by atoms with Crippen LogP contribution in [0.4, 0.5) is 105 Å². The molecule has 4 nitrogen and oxygen atoms in total.